The summed E-state index contributed by atoms with van der Waals surface area (Å²) in [5.74, 6) is 0.282. The molecular weight excluding hydrogens is 448 g/mol. The van der Waals surface area contributed by atoms with Gasteiger partial charge in [0, 0.05) is 7.05 Å². The van der Waals surface area contributed by atoms with Crippen LogP contribution < -0.4 is 4.74 Å². The molecule has 1 aliphatic heterocycles. The highest BCUT2D eigenvalue weighted by Gasteiger charge is 2.30. The van der Waals surface area contributed by atoms with E-state index in [0.29, 0.717) is 34.5 Å². The molecule has 3 aromatic carbocycles. The number of aliphatic imine (C=N–C) groups is 1. The highest BCUT2D eigenvalue weighted by Crippen LogP contribution is 2.33. The monoisotopic (exact) mass is 472 g/mol. The average molecular weight is 473 g/mol. The van der Waals surface area contributed by atoms with E-state index < -0.39 is 0 Å². The number of amidine groups is 1. The van der Waals surface area contributed by atoms with Crippen molar-refractivity contribution in [2.75, 3.05) is 13.7 Å². The van der Waals surface area contributed by atoms with Crippen molar-refractivity contribution < 1.29 is 19.1 Å². The zero-order valence-corrected chi connectivity index (χ0v) is 19.7. The van der Waals surface area contributed by atoms with Crippen LogP contribution in [-0.2, 0) is 16.1 Å². The number of nitrogens with zero attached hydrogens (tertiary/aromatic N) is 2. The third-order valence-electron chi connectivity index (χ3n) is 5.03. The van der Waals surface area contributed by atoms with Crippen molar-refractivity contribution in [1.82, 2.24) is 4.90 Å². The van der Waals surface area contributed by atoms with E-state index in [-0.39, 0.29) is 11.9 Å². The van der Waals surface area contributed by atoms with Gasteiger partial charge in [0.25, 0.3) is 5.91 Å². The summed E-state index contributed by atoms with van der Waals surface area (Å²) in [5, 5.41) is 0.572. The molecule has 6 nitrogen and oxygen atoms in total. The predicted octanol–water partition coefficient (Wildman–Crippen LogP) is 5.68. The fraction of sp³-hybridized carbons (Fsp3) is 0.148. The maximum Gasteiger partial charge on any atom is 0.338 e. The van der Waals surface area contributed by atoms with Gasteiger partial charge in [-0.25, -0.2) is 9.79 Å². The van der Waals surface area contributed by atoms with Crippen molar-refractivity contribution in [1.29, 1.82) is 0 Å². The number of amides is 1. The first-order chi connectivity index (χ1) is 16.5. The summed E-state index contributed by atoms with van der Waals surface area (Å²) in [4.78, 5) is 31.2. The zero-order valence-electron chi connectivity index (χ0n) is 18.9. The van der Waals surface area contributed by atoms with Crippen LogP contribution in [0.15, 0.2) is 88.8 Å². The smallest absolute Gasteiger partial charge is 0.338 e. The third kappa shape index (κ3) is 5.74. The number of esters is 1. The van der Waals surface area contributed by atoms with Crippen molar-refractivity contribution in [3.63, 3.8) is 0 Å². The number of ether oxygens (including phenoxy) is 2. The summed E-state index contributed by atoms with van der Waals surface area (Å²) < 4.78 is 10.8. The molecule has 0 saturated carbocycles. The molecule has 7 heteroatoms. The molecule has 3 aromatic rings. The fourth-order valence-corrected chi connectivity index (χ4v) is 4.19. The van der Waals surface area contributed by atoms with Crippen LogP contribution in [0.2, 0.25) is 0 Å². The third-order valence-corrected chi connectivity index (χ3v) is 6.09. The Kier molecular flexibility index (Phi) is 7.44. The Labute approximate surface area is 202 Å². The summed E-state index contributed by atoms with van der Waals surface area (Å²) in [6.45, 7) is 2.59. The van der Waals surface area contributed by atoms with Crippen molar-refractivity contribution >= 4 is 40.6 Å². The Morgan fingerprint density at radius 2 is 1.71 bits per heavy atom. The van der Waals surface area contributed by atoms with Gasteiger partial charge in [0.1, 0.15) is 12.4 Å². The normalized spacial score (nSPS) is 15.7. The number of likely N-dealkylation sites (N-methyl/N-ethyl adjacent to an activating group) is 1. The van der Waals surface area contributed by atoms with Gasteiger partial charge < -0.3 is 9.47 Å². The molecule has 0 aromatic heterocycles. The molecule has 4 rings (SSSR count). The molecule has 0 N–H and O–H groups in total. The number of carbonyl (C=O) groups excluding carboxylic acids is 2. The second kappa shape index (κ2) is 10.9. The van der Waals surface area contributed by atoms with Crippen LogP contribution in [0.4, 0.5) is 5.69 Å². The van der Waals surface area contributed by atoms with Gasteiger partial charge in [-0.15, -0.1) is 0 Å². The van der Waals surface area contributed by atoms with E-state index in [0.717, 1.165) is 16.9 Å². The molecule has 0 atom stereocenters. The van der Waals surface area contributed by atoms with Gasteiger partial charge in [0.05, 0.1) is 22.8 Å². The average Bonchev–Trinajstić information content (AvgIpc) is 3.12. The number of thioether (sulfide) groups is 1. The van der Waals surface area contributed by atoms with Crippen LogP contribution in [0, 0.1) is 0 Å². The standard InChI is InChI=1S/C27H24N2O4S/c1-3-32-26(31)21-11-13-22(14-12-21)28-27-29(2)25(30)24(34-27)17-19-9-15-23(16-10-19)33-18-20-7-5-4-6-8-20/h4-17H,3,18H2,1-2H3/b24-17-,28-27?. The molecule has 0 unspecified atom stereocenters. The lowest BCUT2D eigenvalue weighted by Crippen LogP contribution is -2.23. The molecular formula is C27H24N2O4S. The van der Waals surface area contributed by atoms with Crippen molar-refractivity contribution in [2.45, 2.75) is 13.5 Å². The van der Waals surface area contributed by atoms with Crippen LogP contribution in [0.25, 0.3) is 6.08 Å². The Morgan fingerprint density at radius 3 is 2.38 bits per heavy atom. The van der Waals surface area contributed by atoms with E-state index in [1.807, 2.05) is 60.7 Å². The van der Waals surface area contributed by atoms with E-state index in [9.17, 15) is 9.59 Å². The minimum Gasteiger partial charge on any atom is -0.489 e. The largest absolute Gasteiger partial charge is 0.489 e. The maximum atomic E-state index is 12.7. The fourth-order valence-electron chi connectivity index (χ4n) is 3.20. The second-order valence-electron chi connectivity index (χ2n) is 7.48. The first kappa shape index (κ1) is 23.3. The van der Waals surface area contributed by atoms with Gasteiger partial charge in [-0.3, -0.25) is 9.69 Å². The van der Waals surface area contributed by atoms with Crippen molar-refractivity contribution in [3.8, 4) is 5.75 Å². The SMILES string of the molecule is CCOC(=O)c1ccc(N=C2S/C(=C\c3ccc(OCc4ccccc4)cc3)C(=O)N2C)cc1. The summed E-state index contributed by atoms with van der Waals surface area (Å²) in [6.07, 6.45) is 1.84. The maximum absolute atomic E-state index is 12.7. The molecule has 0 bridgehead atoms. The number of rotatable bonds is 7. The van der Waals surface area contributed by atoms with Crippen LogP contribution >= 0.6 is 11.8 Å². The molecule has 0 radical (unpaired) electrons. The Hall–Kier alpha value is -3.84. The lowest BCUT2D eigenvalue weighted by atomic mass is 10.2. The van der Waals surface area contributed by atoms with Gasteiger partial charge in [-0.05, 0) is 72.3 Å². The van der Waals surface area contributed by atoms with Gasteiger partial charge in [0.2, 0.25) is 0 Å². The summed E-state index contributed by atoms with van der Waals surface area (Å²) in [5.41, 5.74) is 3.12. The summed E-state index contributed by atoms with van der Waals surface area (Å²) >= 11 is 1.31. The molecule has 1 saturated heterocycles. The Morgan fingerprint density at radius 1 is 1.00 bits per heavy atom. The van der Waals surface area contributed by atoms with E-state index in [1.54, 1.807) is 38.2 Å². The minimum absolute atomic E-state index is 0.115. The van der Waals surface area contributed by atoms with Crippen LogP contribution in [0.1, 0.15) is 28.4 Å². The molecule has 1 amide bonds. The number of hydrogen-bond acceptors (Lipinski definition) is 6. The number of carbonyl (C=O) groups is 2. The Balaban J connectivity index is 1.42. The quantitative estimate of drug-likeness (QED) is 0.327. The Bertz CT molecular complexity index is 1220. The highest BCUT2D eigenvalue weighted by molar-refractivity contribution is 8.18. The lowest BCUT2D eigenvalue weighted by molar-refractivity contribution is -0.121. The lowest BCUT2D eigenvalue weighted by Gasteiger charge is -2.07. The first-order valence-corrected chi connectivity index (χ1v) is 11.7. The van der Waals surface area contributed by atoms with Crippen LogP contribution in [-0.4, -0.2) is 35.6 Å². The molecule has 1 heterocycles. The molecule has 34 heavy (non-hydrogen) atoms. The zero-order chi connectivity index (χ0) is 23.9. The molecule has 172 valence electrons. The van der Waals surface area contributed by atoms with Gasteiger partial charge in [0.15, 0.2) is 5.17 Å². The van der Waals surface area contributed by atoms with Crippen LogP contribution in [0.3, 0.4) is 0 Å². The molecule has 0 spiro atoms. The molecule has 0 aliphatic carbocycles. The molecule has 1 aliphatic rings. The molecule has 1 fully saturated rings. The topological polar surface area (TPSA) is 68.2 Å². The first-order valence-electron chi connectivity index (χ1n) is 10.8. The van der Waals surface area contributed by atoms with Crippen molar-refractivity contribution in [3.05, 3.63) is 100 Å². The van der Waals surface area contributed by atoms with Crippen molar-refractivity contribution in [2.24, 2.45) is 4.99 Å². The van der Waals surface area contributed by atoms with E-state index in [1.165, 1.54) is 16.7 Å². The minimum atomic E-state index is -0.369. The number of hydrogen-bond donors (Lipinski definition) is 0. The number of benzene rings is 3. The highest BCUT2D eigenvalue weighted by atomic mass is 32.2. The summed E-state index contributed by atoms with van der Waals surface area (Å²) in [7, 11) is 1.70. The van der Waals surface area contributed by atoms with E-state index in [2.05, 4.69) is 4.99 Å². The van der Waals surface area contributed by atoms with Gasteiger partial charge in [-0.2, -0.15) is 0 Å². The van der Waals surface area contributed by atoms with E-state index >= 15 is 0 Å². The summed E-state index contributed by atoms with van der Waals surface area (Å²) in [6, 6.07) is 24.4. The van der Waals surface area contributed by atoms with Crippen LogP contribution in [0.5, 0.6) is 5.75 Å². The predicted molar refractivity (Wildman–Crippen MR) is 135 cm³/mol. The van der Waals surface area contributed by atoms with Gasteiger partial charge in [-0.1, -0.05) is 42.5 Å². The van der Waals surface area contributed by atoms with E-state index in [4.69, 9.17) is 9.47 Å². The van der Waals surface area contributed by atoms with Gasteiger partial charge >= 0.3 is 5.97 Å². The second-order valence-corrected chi connectivity index (χ2v) is 8.49.